The number of fused-ring (bicyclic) bond motifs is 1. The summed E-state index contributed by atoms with van der Waals surface area (Å²) in [6.07, 6.45) is 6.23. The van der Waals surface area contributed by atoms with E-state index in [4.69, 9.17) is 9.40 Å². The van der Waals surface area contributed by atoms with Crippen LogP contribution in [0.25, 0.3) is 22.8 Å². The minimum absolute atomic E-state index is 0.0459. The molecule has 1 aliphatic carbocycles. The molecule has 34 heavy (non-hydrogen) atoms. The summed E-state index contributed by atoms with van der Waals surface area (Å²) in [6, 6.07) is 5.50. The SMILES string of the molecule is CC[C@H]1CC[C@](CC)(c2cncc(-c3n[nH]c(=O)o3)n2)c2nnc(-c3c(F)cccc3F)cc21. The zero-order valence-corrected chi connectivity index (χ0v) is 18.7. The van der Waals surface area contributed by atoms with Gasteiger partial charge in [0.1, 0.15) is 17.3 Å². The van der Waals surface area contributed by atoms with Crippen molar-refractivity contribution >= 4 is 0 Å². The highest BCUT2D eigenvalue weighted by Gasteiger charge is 2.43. The zero-order chi connectivity index (χ0) is 23.9. The van der Waals surface area contributed by atoms with Gasteiger partial charge in [0.2, 0.25) is 0 Å². The first kappa shape index (κ1) is 22.0. The van der Waals surface area contributed by atoms with E-state index in [9.17, 15) is 13.6 Å². The normalized spacial score (nSPS) is 19.7. The first-order valence-corrected chi connectivity index (χ1v) is 11.2. The number of benzene rings is 1. The first-order valence-electron chi connectivity index (χ1n) is 11.2. The van der Waals surface area contributed by atoms with Gasteiger partial charge >= 0.3 is 5.76 Å². The molecule has 3 heterocycles. The Kier molecular flexibility index (Phi) is 5.51. The van der Waals surface area contributed by atoms with E-state index in [2.05, 4.69) is 32.3 Å². The van der Waals surface area contributed by atoms with E-state index < -0.39 is 22.8 Å². The van der Waals surface area contributed by atoms with Crippen molar-refractivity contribution in [2.24, 2.45) is 0 Å². The fourth-order valence-electron chi connectivity index (χ4n) is 4.89. The van der Waals surface area contributed by atoms with E-state index in [-0.39, 0.29) is 23.1 Å². The Morgan fingerprint density at radius 3 is 2.62 bits per heavy atom. The summed E-state index contributed by atoms with van der Waals surface area (Å²) < 4.78 is 34.0. The second-order valence-electron chi connectivity index (χ2n) is 8.42. The van der Waals surface area contributed by atoms with Gasteiger partial charge in [-0.2, -0.15) is 5.10 Å². The lowest BCUT2D eigenvalue weighted by Crippen LogP contribution is -2.36. The minimum Gasteiger partial charge on any atom is -0.386 e. The Labute approximate surface area is 193 Å². The molecule has 0 unspecified atom stereocenters. The maximum absolute atomic E-state index is 14.5. The maximum atomic E-state index is 14.5. The van der Waals surface area contributed by atoms with E-state index in [1.165, 1.54) is 24.4 Å². The Morgan fingerprint density at radius 2 is 1.94 bits per heavy atom. The third-order valence-electron chi connectivity index (χ3n) is 6.73. The van der Waals surface area contributed by atoms with E-state index >= 15 is 0 Å². The number of hydrogen-bond acceptors (Lipinski definition) is 7. The van der Waals surface area contributed by atoms with Gasteiger partial charge in [0.15, 0.2) is 0 Å². The number of aromatic amines is 1. The first-order chi connectivity index (χ1) is 16.5. The Bertz CT molecular complexity index is 1400. The van der Waals surface area contributed by atoms with Gasteiger partial charge in [-0.25, -0.2) is 23.7 Å². The summed E-state index contributed by atoms with van der Waals surface area (Å²) in [4.78, 5) is 20.4. The van der Waals surface area contributed by atoms with Crippen LogP contribution in [0.15, 0.2) is 45.9 Å². The molecule has 0 saturated heterocycles. The van der Waals surface area contributed by atoms with Crippen LogP contribution in [0.4, 0.5) is 8.78 Å². The summed E-state index contributed by atoms with van der Waals surface area (Å²) in [5, 5.41) is 14.9. The number of nitrogens with one attached hydrogen (secondary N) is 1. The summed E-state index contributed by atoms with van der Waals surface area (Å²) in [5.41, 5.74) is 1.97. The largest absolute Gasteiger partial charge is 0.434 e. The van der Waals surface area contributed by atoms with Crippen molar-refractivity contribution in [3.8, 4) is 22.8 Å². The Hall–Kier alpha value is -3.82. The fourth-order valence-corrected chi connectivity index (χ4v) is 4.89. The molecule has 0 amide bonds. The van der Waals surface area contributed by atoms with Crippen LogP contribution in [0.5, 0.6) is 0 Å². The Morgan fingerprint density at radius 1 is 1.15 bits per heavy atom. The molecule has 174 valence electrons. The van der Waals surface area contributed by atoms with Crippen LogP contribution in [0.1, 0.15) is 62.4 Å². The van der Waals surface area contributed by atoms with E-state index in [0.29, 0.717) is 17.8 Å². The summed E-state index contributed by atoms with van der Waals surface area (Å²) in [7, 11) is 0. The average Bonchev–Trinajstić information content (AvgIpc) is 3.29. The molecule has 1 aromatic carbocycles. The van der Waals surface area contributed by atoms with Gasteiger partial charge < -0.3 is 4.42 Å². The smallest absolute Gasteiger partial charge is 0.386 e. The van der Waals surface area contributed by atoms with Crippen LogP contribution in [-0.2, 0) is 5.41 Å². The summed E-state index contributed by atoms with van der Waals surface area (Å²) in [5.74, 6) is -1.83. The monoisotopic (exact) mass is 464 g/mol. The molecule has 8 nitrogen and oxygen atoms in total. The number of hydrogen-bond donors (Lipinski definition) is 1. The van der Waals surface area contributed by atoms with Crippen LogP contribution in [-0.4, -0.2) is 30.4 Å². The second kappa shape index (κ2) is 8.51. The molecule has 4 aromatic rings. The van der Waals surface area contributed by atoms with Crippen molar-refractivity contribution in [3.63, 3.8) is 0 Å². The highest BCUT2D eigenvalue weighted by atomic mass is 19.1. The van der Waals surface area contributed by atoms with Crippen molar-refractivity contribution < 1.29 is 13.2 Å². The van der Waals surface area contributed by atoms with Gasteiger partial charge in [-0.3, -0.25) is 4.98 Å². The molecule has 0 bridgehead atoms. The zero-order valence-electron chi connectivity index (χ0n) is 18.7. The highest BCUT2D eigenvalue weighted by molar-refractivity contribution is 5.62. The van der Waals surface area contributed by atoms with E-state index in [1.54, 1.807) is 12.3 Å². The van der Waals surface area contributed by atoms with Gasteiger partial charge in [0.25, 0.3) is 5.89 Å². The minimum atomic E-state index is -0.682. The lowest BCUT2D eigenvalue weighted by atomic mass is 9.65. The summed E-state index contributed by atoms with van der Waals surface area (Å²) >= 11 is 0. The Balaban J connectivity index is 1.67. The van der Waals surface area contributed by atoms with Crippen molar-refractivity contribution in [2.45, 2.75) is 50.9 Å². The quantitative estimate of drug-likeness (QED) is 0.462. The van der Waals surface area contributed by atoms with Crippen LogP contribution in [0.3, 0.4) is 0 Å². The number of H-pyrrole nitrogens is 1. The molecule has 0 fully saturated rings. The molecule has 1 N–H and O–H groups in total. The fraction of sp³-hybridized carbons (Fsp3) is 0.333. The van der Waals surface area contributed by atoms with E-state index in [1.807, 2.05) is 6.92 Å². The molecule has 2 atom stereocenters. The second-order valence-corrected chi connectivity index (χ2v) is 8.42. The van der Waals surface area contributed by atoms with Gasteiger partial charge in [-0.05, 0) is 55.4 Å². The van der Waals surface area contributed by atoms with Gasteiger partial charge in [-0.15, -0.1) is 10.2 Å². The number of rotatable bonds is 5. The van der Waals surface area contributed by atoms with Crippen molar-refractivity contribution in [1.29, 1.82) is 0 Å². The van der Waals surface area contributed by atoms with Crippen molar-refractivity contribution in [1.82, 2.24) is 30.4 Å². The predicted molar refractivity (Wildman–Crippen MR) is 119 cm³/mol. The topological polar surface area (TPSA) is 110 Å². The lowest BCUT2D eigenvalue weighted by Gasteiger charge is -2.39. The molecule has 0 saturated carbocycles. The van der Waals surface area contributed by atoms with Gasteiger partial charge in [-0.1, -0.05) is 19.9 Å². The molecule has 1 aliphatic rings. The number of halogens is 2. The molecular weight excluding hydrogens is 442 g/mol. The third-order valence-corrected chi connectivity index (χ3v) is 6.73. The van der Waals surface area contributed by atoms with E-state index in [0.717, 1.165) is 30.5 Å². The van der Waals surface area contributed by atoms with Crippen LogP contribution < -0.4 is 5.76 Å². The molecule has 5 rings (SSSR count). The van der Waals surface area contributed by atoms with Crippen LogP contribution in [0, 0.1) is 11.6 Å². The summed E-state index contributed by atoms with van der Waals surface area (Å²) in [6.45, 7) is 4.11. The standard InChI is InChI=1S/C24H22F2N6O2/c1-3-13-8-9-24(4-2,19-12-27-11-18(28-19)22-31-32-23(33)34-22)21-14(13)10-17(29-30-21)20-15(25)6-5-7-16(20)26/h5-7,10-13H,3-4,8-9H2,1-2H3,(H,32,33)/t13-,24+/m0/s1. The van der Waals surface area contributed by atoms with Crippen molar-refractivity contribution in [3.05, 3.63) is 75.8 Å². The predicted octanol–water partition coefficient (Wildman–Crippen LogP) is 4.54. The van der Waals surface area contributed by atoms with Crippen molar-refractivity contribution in [2.75, 3.05) is 0 Å². The number of nitrogens with zero attached hydrogens (tertiary/aromatic N) is 5. The van der Waals surface area contributed by atoms with Crippen LogP contribution in [0.2, 0.25) is 0 Å². The molecule has 3 aromatic heterocycles. The molecule has 10 heteroatoms. The molecule has 0 spiro atoms. The molecular formula is C24H22F2N6O2. The van der Waals surface area contributed by atoms with Crippen LogP contribution >= 0.6 is 0 Å². The molecule has 0 aliphatic heterocycles. The lowest BCUT2D eigenvalue weighted by molar-refractivity contribution is 0.352. The maximum Gasteiger partial charge on any atom is 0.434 e. The highest BCUT2D eigenvalue weighted by Crippen LogP contribution is 2.49. The average molecular weight is 464 g/mol. The number of aromatic nitrogens is 6. The molecule has 0 radical (unpaired) electrons. The van der Waals surface area contributed by atoms with Gasteiger partial charge in [0, 0.05) is 6.20 Å². The third kappa shape index (κ3) is 3.49. The van der Waals surface area contributed by atoms with Gasteiger partial charge in [0.05, 0.1) is 34.3 Å².